The van der Waals surface area contributed by atoms with Gasteiger partial charge >= 0.3 is 6.61 Å². The molecule has 1 heterocycles. The molecule has 0 atom stereocenters. The van der Waals surface area contributed by atoms with Gasteiger partial charge in [0.15, 0.2) is 5.13 Å². The maximum Gasteiger partial charge on any atom is 0.387 e. The third-order valence-corrected chi connectivity index (χ3v) is 3.94. The number of rotatable bonds is 5. The molecule has 0 aliphatic heterocycles. The summed E-state index contributed by atoms with van der Waals surface area (Å²) in [6.07, 6.45) is 0. The Labute approximate surface area is 144 Å². The summed E-state index contributed by atoms with van der Waals surface area (Å²) in [5, 5.41) is 4.65. The number of amides is 1. The van der Waals surface area contributed by atoms with Crippen LogP contribution in [0.3, 0.4) is 0 Å². The second-order valence-electron chi connectivity index (χ2n) is 4.91. The van der Waals surface area contributed by atoms with Gasteiger partial charge < -0.3 is 4.74 Å². The summed E-state index contributed by atoms with van der Waals surface area (Å²) in [6, 6.07) is 11.3. The van der Waals surface area contributed by atoms with Crippen LogP contribution in [-0.4, -0.2) is 17.5 Å². The van der Waals surface area contributed by atoms with E-state index < -0.39 is 12.5 Å². The standard InChI is InChI=1S/C17H11F3N2O2S/c18-12-3-1-2-11(8-12)14-9-25-17(21-14)22-15(23)10-4-6-13(7-5-10)24-16(19)20/h1-9,16H,(H,21,22,23). The quantitative estimate of drug-likeness (QED) is 0.707. The molecule has 0 aliphatic carbocycles. The Kier molecular flexibility index (Phi) is 4.99. The van der Waals surface area contributed by atoms with Crippen molar-refractivity contribution >= 4 is 22.4 Å². The van der Waals surface area contributed by atoms with Crippen molar-refractivity contribution in [1.29, 1.82) is 0 Å². The van der Waals surface area contributed by atoms with Crippen molar-refractivity contribution in [2.45, 2.75) is 6.61 Å². The summed E-state index contributed by atoms with van der Waals surface area (Å²) in [5.41, 5.74) is 1.41. The van der Waals surface area contributed by atoms with Crippen LogP contribution in [0.4, 0.5) is 18.3 Å². The predicted molar refractivity (Wildman–Crippen MR) is 88.5 cm³/mol. The van der Waals surface area contributed by atoms with Crippen LogP contribution in [0.2, 0.25) is 0 Å². The first-order valence-corrected chi connectivity index (χ1v) is 7.97. The molecular formula is C17H11F3N2O2S. The lowest BCUT2D eigenvalue weighted by Gasteiger charge is -2.05. The molecular weight excluding hydrogens is 353 g/mol. The monoisotopic (exact) mass is 364 g/mol. The van der Waals surface area contributed by atoms with Crippen LogP contribution in [0.25, 0.3) is 11.3 Å². The molecule has 0 aliphatic rings. The lowest BCUT2D eigenvalue weighted by molar-refractivity contribution is -0.0498. The van der Waals surface area contributed by atoms with Crippen molar-refractivity contribution < 1.29 is 22.7 Å². The molecule has 0 saturated carbocycles. The number of halogens is 3. The van der Waals surface area contributed by atoms with Crippen molar-refractivity contribution in [2.24, 2.45) is 0 Å². The maximum absolute atomic E-state index is 13.3. The topological polar surface area (TPSA) is 51.2 Å². The SMILES string of the molecule is O=C(Nc1nc(-c2cccc(F)c2)cs1)c1ccc(OC(F)F)cc1. The molecule has 3 rings (SSSR count). The highest BCUT2D eigenvalue weighted by molar-refractivity contribution is 7.14. The molecule has 3 aromatic rings. The fourth-order valence-corrected chi connectivity index (χ4v) is 2.78. The van der Waals surface area contributed by atoms with E-state index in [0.29, 0.717) is 16.4 Å². The van der Waals surface area contributed by atoms with Gasteiger partial charge in [0.1, 0.15) is 11.6 Å². The van der Waals surface area contributed by atoms with Gasteiger partial charge in [-0.15, -0.1) is 11.3 Å². The Morgan fingerprint density at radius 2 is 1.92 bits per heavy atom. The van der Waals surface area contributed by atoms with Gasteiger partial charge in [0.2, 0.25) is 0 Å². The molecule has 0 radical (unpaired) electrons. The van der Waals surface area contributed by atoms with Gasteiger partial charge in [-0.1, -0.05) is 12.1 Å². The number of alkyl halides is 2. The van der Waals surface area contributed by atoms with Crippen molar-refractivity contribution in [1.82, 2.24) is 4.98 Å². The second-order valence-corrected chi connectivity index (χ2v) is 5.76. The third-order valence-electron chi connectivity index (χ3n) is 3.19. The summed E-state index contributed by atoms with van der Waals surface area (Å²) >= 11 is 1.20. The maximum atomic E-state index is 13.3. The number of nitrogens with one attached hydrogen (secondary N) is 1. The molecule has 1 N–H and O–H groups in total. The normalized spacial score (nSPS) is 10.7. The zero-order chi connectivity index (χ0) is 17.8. The Morgan fingerprint density at radius 3 is 2.60 bits per heavy atom. The van der Waals surface area contributed by atoms with Crippen LogP contribution >= 0.6 is 11.3 Å². The molecule has 0 fully saturated rings. The van der Waals surface area contributed by atoms with E-state index in [1.165, 1.54) is 47.7 Å². The van der Waals surface area contributed by atoms with E-state index in [1.807, 2.05) is 0 Å². The van der Waals surface area contributed by atoms with Gasteiger partial charge in [-0.25, -0.2) is 9.37 Å². The van der Waals surface area contributed by atoms with Crippen LogP contribution in [-0.2, 0) is 0 Å². The number of carbonyl (C=O) groups excluding carboxylic acids is 1. The fraction of sp³-hybridized carbons (Fsp3) is 0.0588. The number of hydrogen-bond donors (Lipinski definition) is 1. The number of benzene rings is 2. The first kappa shape index (κ1) is 17.0. The highest BCUT2D eigenvalue weighted by Crippen LogP contribution is 2.26. The Hall–Kier alpha value is -2.87. The zero-order valence-electron chi connectivity index (χ0n) is 12.6. The Balaban J connectivity index is 1.69. The largest absolute Gasteiger partial charge is 0.435 e. The number of carbonyl (C=O) groups is 1. The smallest absolute Gasteiger partial charge is 0.387 e. The van der Waals surface area contributed by atoms with Gasteiger partial charge in [0, 0.05) is 16.5 Å². The summed E-state index contributed by atoms with van der Waals surface area (Å²) in [4.78, 5) is 16.4. The molecule has 2 aromatic carbocycles. The lowest BCUT2D eigenvalue weighted by atomic mass is 10.2. The second kappa shape index (κ2) is 7.35. The van der Waals surface area contributed by atoms with Gasteiger partial charge in [0.25, 0.3) is 5.91 Å². The molecule has 0 bridgehead atoms. The molecule has 4 nitrogen and oxygen atoms in total. The van der Waals surface area contributed by atoms with Gasteiger partial charge in [-0.05, 0) is 36.4 Å². The predicted octanol–water partition coefficient (Wildman–Crippen LogP) is 4.80. The fourth-order valence-electron chi connectivity index (χ4n) is 2.07. The highest BCUT2D eigenvalue weighted by Gasteiger charge is 2.11. The Morgan fingerprint density at radius 1 is 1.16 bits per heavy atom. The van der Waals surface area contributed by atoms with Crippen LogP contribution in [0.5, 0.6) is 5.75 Å². The van der Waals surface area contributed by atoms with Crippen LogP contribution < -0.4 is 10.1 Å². The van der Waals surface area contributed by atoms with E-state index in [0.717, 1.165) is 0 Å². The number of thiazole rings is 1. The summed E-state index contributed by atoms with van der Waals surface area (Å²) in [7, 11) is 0. The number of nitrogens with zero attached hydrogens (tertiary/aromatic N) is 1. The number of aromatic nitrogens is 1. The molecule has 128 valence electrons. The zero-order valence-corrected chi connectivity index (χ0v) is 13.4. The molecule has 8 heteroatoms. The first-order chi connectivity index (χ1) is 12.0. The van der Waals surface area contributed by atoms with Crippen LogP contribution in [0.15, 0.2) is 53.9 Å². The van der Waals surface area contributed by atoms with E-state index in [1.54, 1.807) is 17.5 Å². The minimum absolute atomic E-state index is 0.0332. The molecule has 0 unspecified atom stereocenters. The first-order valence-electron chi connectivity index (χ1n) is 7.09. The van der Waals surface area contributed by atoms with Gasteiger partial charge in [-0.3, -0.25) is 10.1 Å². The van der Waals surface area contributed by atoms with Crippen LogP contribution in [0, 0.1) is 5.82 Å². The highest BCUT2D eigenvalue weighted by atomic mass is 32.1. The van der Waals surface area contributed by atoms with Crippen molar-refractivity contribution in [3.05, 3.63) is 65.3 Å². The molecule has 25 heavy (non-hydrogen) atoms. The minimum Gasteiger partial charge on any atom is -0.435 e. The van der Waals surface area contributed by atoms with E-state index in [2.05, 4.69) is 15.0 Å². The van der Waals surface area contributed by atoms with Gasteiger partial charge in [-0.2, -0.15) is 8.78 Å². The number of ether oxygens (including phenoxy) is 1. The van der Waals surface area contributed by atoms with E-state index >= 15 is 0 Å². The lowest BCUT2D eigenvalue weighted by Crippen LogP contribution is -2.11. The molecule has 0 spiro atoms. The number of anilines is 1. The third kappa shape index (κ3) is 4.36. The average Bonchev–Trinajstić information content (AvgIpc) is 3.03. The minimum atomic E-state index is -2.92. The summed E-state index contributed by atoms with van der Waals surface area (Å²) in [5.74, 6) is -0.847. The Bertz CT molecular complexity index is 882. The van der Waals surface area contributed by atoms with E-state index in [9.17, 15) is 18.0 Å². The average molecular weight is 364 g/mol. The molecule has 1 amide bonds. The van der Waals surface area contributed by atoms with Crippen LogP contribution in [0.1, 0.15) is 10.4 Å². The van der Waals surface area contributed by atoms with Crippen molar-refractivity contribution in [3.8, 4) is 17.0 Å². The summed E-state index contributed by atoms with van der Waals surface area (Å²) < 4.78 is 41.7. The van der Waals surface area contributed by atoms with Gasteiger partial charge in [0.05, 0.1) is 5.69 Å². The van der Waals surface area contributed by atoms with Crippen molar-refractivity contribution in [3.63, 3.8) is 0 Å². The van der Waals surface area contributed by atoms with Crippen molar-refractivity contribution in [2.75, 3.05) is 5.32 Å². The number of hydrogen-bond acceptors (Lipinski definition) is 4. The summed E-state index contributed by atoms with van der Waals surface area (Å²) in [6.45, 7) is -2.92. The van der Waals surface area contributed by atoms with E-state index in [-0.39, 0.29) is 17.1 Å². The molecule has 0 saturated heterocycles. The van der Waals surface area contributed by atoms with E-state index in [4.69, 9.17) is 0 Å². The molecule has 1 aromatic heterocycles.